The predicted octanol–water partition coefficient (Wildman–Crippen LogP) is 0.230. The van der Waals surface area contributed by atoms with Crippen LogP contribution in [0.4, 0.5) is 13.2 Å². The minimum absolute atomic E-state index is 0.0859. The van der Waals surface area contributed by atoms with Crippen molar-refractivity contribution in [1.82, 2.24) is 10.2 Å². The Bertz CT molecular complexity index is 349. The molecule has 0 spiro atoms. The maximum atomic E-state index is 11.8. The smallest absolute Gasteiger partial charge is 0.411 e. The fourth-order valence-electron chi connectivity index (χ4n) is 1.97. The molecule has 6 nitrogen and oxygen atoms in total. The lowest BCUT2D eigenvalue weighted by Gasteiger charge is -2.34. The number of hydrogen-bond donors (Lipinski definition) is 2. The summed E-state index contributed by atoms with van der Waals surface area (Å²) in [5, 5.41) is 11.3. The first-order chi connectivity index (χ1) is 9.29. The van der Waals surface area contributed by atoms with Crippen molar-refractivity contribution >= 4 is 11.9 Å². The molecule has 20 heavy (non-hydrogen) atoms. The van der Waals surface area contributed by atoms with Gasteiger partial charge in [0.25, 0.3) is 0 Å². The van der Waals surface area contributed by atoms with E-state index < -0.39 is 24.8 Å². The van der Waals surface area contributed by atoms with Gasteiger partial charge in [-0.25, -0.2) is 0 Å². The number of hydrogen-bond acceptors (Lipinski definition) is 4. The minimum Gasteiger partial charge on any atom is -0.481 e. The van der Waals surface area contributed by atoms with E-state index in [0.29, 0.717) is 26.1 Å². The summed E-state index contributed by atoms with van der Waals surface area (Å²) in [7, 11) is 0. The molecule has 9 heteroatoms. The highest BCUT2D eigenvalue weighted by atomic mass is 19.4. The van der Waals surface area contributed by atoms with E-state index in [1.54, 1.807) is 4.90 Å². The summed E-state index contributed by atoms with van der Waals surface area (Å²) in [4.78, 5) is 23.9. The standard InChI is InChI=1S/C11H17F3N2O4/c12-11(13,14)7-20-5-1-3-16-4-2-15-10(19)8(16)6-9(17)18/h8H,1-7H2,(H,15,19)(H,17,18). The molecule has 1 fully saturated rings. The van der Waals surface area contributed by atoms with E-state index in [-0.39, 0.29) is 18.9 Å². The summed E-state index contributed by atoms with van der Waals surface area (Å²) in [6.45, 7) is -0.187. The zero-order chi connectivity index (χ0) is 15.2. The number of nitrogens with one attached hydrogen (secondary N) is 1. The molecule has 0 aromatic heterocycles. The SMILES string of the molecule is O=C(O)CC1C(=O)NCCN1CCCOCC(F)(F)F. The van der Waals surface area contributed by atoms with E-state index in [4.69, 9.17) is 5.11 Å². The van der Waals surface area contributed by atoms with Gasteiger partial charge in [0, 0.05) is 26.2 Å². The molecule has 0 aromatic carbocycles. The molecule has 1 rings (SSSR count). The summed E-state index contributed by atoms with van der Waals surface area (Å²) < 4.78 is 40.0. The van der Waals surface area contributed by atoms with Crippen molar-refractivity contribution in [2.24, 2.45) is 0 Å². The molecule has 0 aliphatic carbocycles. The molecule has 0 bridgehead atoms. The molecule has 1 amide bonds. The van der Waals surface area contributed by atoms with Gasteiger partial charge in [0.05, 0.1) is 12.5 Å². The molecule has 1 unspecified atom stereocenters. The Morgan fingerprint density at radius 3 is 2.80 bits per heavy atom. The zero-order valence-corrected chi connectivity index (χ0v) is 10.8. The molecule has 1 heterocycles. The third kappa shape index (κ3) is 6.20. The molecule has 0 aromatic rings. The van der Waals surface area contributed by atoms with Gasteiger partial charge in [-0.3, -0.25) is 14.5 Å². The first-order valence-electron chi connectivity index (χ1n) is 6.17. The van der Waals surface area contributed by atoms with E-state index >= 15 is 0 Å². The van der Waals surface area contributed by atoms with Crippen molar-refractivity contribution < 1.29 is 32.6 Å². The van der Waals surface area contributed by atoms with Crippen molar-refractivity contribution in [3.05, 3.63) is 0 Å². The lowest BCUT2D eigenvalue weighted by molar-refractivity contribution is -0.174. The Morgan fingerprint density at radius 2 is 2.20 bits per heavy atom. The number of carboxylic acids is 1. The highest BCUT2D eigenvalue weighted by Crippen LogP contribution is 2.15. The molecule has 116 valence electrons. The van der Waals surface area contributed by atoms with Crippen LogP contribution in [-0.2, 0) is 14.3 Å². The largest absolute Gasteiger partial charge is 0.481 e. The maximum Gasteiger partial charge on any atom is 0.411 e. The highest BCUT2D eigenvalue weighted by Gasteiger charge is 2.31. The minimum atomic E-state index is -4.35. The van der Waals surface area contributed by atoms with Gasteiger partial charge < -0.3 is 15.2 Å². The van der Waals surface area contributed by atoms with E-state index in [2.05, 4.69) is 10.1 Å². The van der Waals surface area contributed by atoms with Crippen LogP contribution in [0.3, 0.4) is 0 Å². The van der Waals surface area contributed by atoms with E-state index in [1.165, 1.54) is 0 Å². The van der Waals surface area contributed by atoms with Crippen molar-refractivity contribution in [3.8, 4) is 0 Å². The quantitative estimate of drug-likeness (QED) is 0.658. The number of piperazine rings is 1. The Kier molecular flexibility index (Phi) is 6.21. The number of carbonyl (C=O) groups is 2. The van der Waals surface area contributed by atoms with E-state index in [1.807, 2.05) is 0 Å². The highest BCUT2D eigenvalue weighted by molar-refractivity contribution is 5.86. The monoisotopic (exact) mass is 298 g/mol. The summed E-state index contributed by atoms with van der Waals surface area (Å²) in [5.41, 5.74) is 0. The molecule has 1 aliphatic rings. The Balaban J connectivity index is 2.32. The molecule has 1 aliphatic heterocycles. The second-order valence-corrected chi connectivity index (χ2v) is 4.46. The number of carbonyl (C=O) groups excluding carboxylic acids is 1. The third-order valence-corrected chi connectivity index (χ3v) is 2.81. The van der Waals surface area contributed by atoms with E-state index in [0.717, 1.165) is 0 Å². The fourth-order valence-corrected chi connectivity index (χ4v) is 1.97. The number of rotatable bonds is 7. The molecule has 0 radical (unpaired) electrons. The molecular weight excluding hydrogens is 281 g/mol. The lowest BCUT2D eigenvalue weighted by atomic mass is 10.1. The van der Waals surface area contributed by atoms with Crippen molar-refractivity contribution in [3.63, 3.8) is 0 Å². The third-order valence-electron chi connectivity index (χ3n) is 2.81. The first-order valence-corrected chi connectivity index (χ1v) is 6.17. The first kappa shape index (κ1) is 16.7. The van der Waals surface area contributed by atoms with Gasteiger partial charge in [0.2, 0.25) is 5.91 Å². The second-order valence-electron chi connectivity index (χ2n) is 4.46. The lowest BCUT2D eigenvalue weighted by Crippen LogP contribution is -2.56. The number of amides is 1. The van der Waals surface area contributed by atoms with Crippen LogP contribution in [-0.4, -0.2) is 66.9 Å². The Morgan fingerprint density at radius 1 is 1.50 bits per heavy atom. The number of carboxylic acid groups (broad SMARTS) is 1. The van der Waals surface area contributed by atoms with Gasteiger partial charge in [0.1, 0.15) is 6.61 Å². The van der Waals surface area contributed by atoms with Gasteiger partial charge in [-0.15, -0.1) is 0 Å². The van der Waals surface area contributed by atoms with Gasteiger partial charge in [-0.2, -0.15) is 13.2 Å². The number of halogens is 3. The zero-order valence-electron chi connectivity index (χ0n) is 10.8. The van der Waals surface area contributed by atoms with Crippen LogP contribution in [0, 0.1) is 0 Å². The van der Waals surface area contributed by atoms with Crippen LogP contribution in [0.15, 0.2) is 0 Å². The Labute approximate surface area is 113 Å². The van der Waals surface area contributed by atoms with Crippen molar-refractivity contribution in [2.45, 2.75) is 25.1 Å². The Hall–Kier alpha value is -1.35. The number of aliphatic carboxylic acids is 1. The number of nitrogens with zero attached hydrogens (tertiary/aromatic N) is 1. The van der Waals surface area contributed by atoms with Crippen molar-refractivity contribution in [1.29, 1.82) is 0 Å². The molecule has 0 saturated carbocycles. The van der Waals surface area contributed by atoms with Crippen LogP contribution in [0.2, 0.25) is 0 Å². The summed E-state index contributed by atoms with van der Waals surface area (Å²) in [6.07, 6.45) is -4.37. The fraction of sp³-hybridized carbons (Fsp3) is 0.818. The second kappa shape index (κ2) is 7.44. The van der Waals surface area contributed by atoms with E-state index in [9.17, 15) is 22.8 Å². The van der Waals surface area contributed by atoms with Crippen LogP contribution in [0.1, 0.15) is 12.8 Å². The molecular formula is C11H17F3N2O4. The number of alkyl halides is 3. The van der Waals surface area contributed by atoms with Crippen LogP contribution >= 0.6 is 0 Å². The molecule has 1 atom stereocenters. The topological polar surface area (TPSA) is 78.9 Å². The number of ether oxygens (including phenoxy) is 1. The van der Waals surface area contributed by atoms with Gasteiger partial charge in [-0.1, -0.05) is 0 Å². The average molecular weight is 298 g/mol. The van der Waals surface area contributed by atoms with Gasteiger partial charge >= 0.3 is 12.1 Å². The van der Waals surface area contributed by atoms with Crippen LogP contribution in [0.5, 0.6) is 0 Å². The van der Waals surface area contributed by atoms with Gasteiger partial charge in [0.15, 0.2) is 0 Å². The summed E-state index contributed by atoms with van der Waals surface area (Å²) in [5.74, 6) is -1.46. The molecule has 1 saturated heterocycles. The van der Waals surface area contributed by atoms with Crippen LogP contribution in [0.25, 0.3) is 0 Å². The average Bonchev–Trinajstić information content (AvgIpc) is 2.31. The van der Waals surface area contributed by atoms with Crippen molar-refractivity contribution in [2.75, 3.05) is 32.8 Å². The predicted molar refractivity (Wildman–Crippen MR) is 62.1 cm³/mol. The summed E-state index contributed by atoms with van der Waals surface area (Å²) in [6, 6.07) is -0.774. The van der Waals surface area contributed by atoms with Gasteiger partial charge in [-0.05, 0) is 6.42 Å². The summed E-state index contributed by atoms with van der Waals surface area (Å²) >= 11 is 0. The molecule has 2 N–H and O–H groups in total. The normalized spacial score (nSPS) is 20.8. The van der Waals surface area contributed by atoms with Crippen LogP contribution < -0.4 is 5.32 Å². The maximum absolute atomic E-state index is 11.8.